The van der Waals surface area contributed by atoms with Crippen molar-refractivity contribution in [3.63, 3.8) is 0 Å². The highest BCUT2D eigenvalue weighted by atomic mass is 32.2. The molecule has 16 heavy (non-hydrogen) atoms. The molecule has 0 aliphatic heterocycles. The van der Waals surface area contributed by atoms with Crippen LogP contribution >= 0.6 is 11.8 Å². The van der Waals surface area contributed by atoms with Crippen LogP contribution < -0.4 is 0 Å². The summed E-state index contributed by atoms with van der Waals surface area (Å²) >= 11 is 1.19. The van der Waals surface area contributed by atoms with Gasteiger partial charge >= 0.3 is 11.9 Å². The Morgan fingerprint density at radius 2 is 1.81 bits per heavy atom. The van der Waals surface area contributed by atoms with Crippen LogP contribution in [0.3, 0.4) is 0 Å². The number of rotatable bonds is 9. The van der Waals surface area contributed by atoms with Gasteiger partial charge in [0.25, 0.3) is 0 Å². The Hall–Kier alpha value is -0.750. The fourth-order valence-electron chi connectivity index (χ4n) is 1.24. The van der Waals surface area contributed by atoms with Crippen LogP contribution in [-0.2, 0) is 9.59 Å². The Morgan fingerprint density at radius 1 is 1.25 bits per heavy atom. The van der Waals surface area contributed by atoms with Crippen LogP contribution in [0.2, 0.25) is 0 Å². The van der Waals surface area contributed by atoms with Gasteiger partial charge in [-0.1, -0.05) is 13.8 Å². The maximum absolute atomic E-state index is 10.8. The molecule has 0 radical (unpaired) electrons. The number of carboxylic acids is 2. The summed E-state index contributed by atoms with van der Waals surface area (Å²) in [6, 6.07) is 0. The van der Waals surface area contributed by atoms with Gasteiger partial charge in [-0.2, -0.15) is 0 Å². The van der Waals surface area contributed by atoms with Crippen molar-refractivity contribution >= 4 is 23.7 Å². The second-order valence-corrected chi connectivity index (χ2v) is 4.63. The average Bonchev–Trinajstić information content (AvgIpc) is 2.22. The first-order valence-electron chi connectivity index (χ1n) is 5.29. The van der Waals surface area contributed by atoms with E-state index >= 15 is 0 Å². The van der Waals surface area contributed by atoms with Gasteiger partial charge in [0.05, 0.1) is 6.42 Å². The van der Waals surface area contributed by atoms with Crippen LogP contribution in [0, 0.1) is 0 Å². The molecule has 0 saturated carbocycles. The van der Waals surface area contributed by atoms with Gasteiger partial charge in [0.1, 0.15) is 5.25 Å². The van der Waals surface area contributed by atoms with Gasteiger partial charge in [-0.05, 0) is 13.1 Å². The first-order valence-corrected chi connectivity index (χ1v) is 6.34. The van der Waals surface area contributed by atoms with Gasteiger partial charge in [0.2, 0.25) is 0 Å². The molecule has 0 bridgehead atoms. The van der Waals surface area contributed by atoms with Gasteiger partial charge in [-0.15, -0.1) is 11.8 Å². The van der Waals surface area contributed by atoms with E-state index in [-0.39, 0.29) is 6.42 Å². The van der Waals surface area contributed by atoms with Crippen molar-refractivity contribution in [2.24, 2.45) is 0 Å². The molecule has 0 spiro atoms. The zero-order valence-corrected chi connectivity index (χ0v) is 10.5. The molecule has 0 aromatic carbocycles. The van der Waals surface area contributed by atoms with Gasteiger partial charge in [-0.25, -0.2) is 0 Å². The zero-order valence-electron chi connectivity index (χ0n) is 9.68. The molecule has 5 nitrogen and oxygen atoms in total. The van der Waals surface area contributed by atoms with Crippen LogP contribution in [0.15, 0.2) is 0 Å². The van der Waals surface area contributed by atoms with E-state index in [1.807, 2.05) is 13.8 Å². The lowest BCUT2D eigenvalue weighted by atomic mass is 10.3. The van der Waals surface area contributed by atoms with Crippen molar-refractivity contribution in [3.05, 3.63) is 0 Å². The van der Waals surface area contributed by atoms with E-state index in [0.29, 0.717) is 5.75 Å². The van der Waals surface area contributed by atoms with E-state index in [0.717, 1.165) is 19.6 Å². The lowest BCUT2D eigenvalue weighted by Crippen LogP contribution is -2.27. The summed E-state index contributed by atoms with van der Waals surface area (Å²) in [4.78, 5) is 23.4. The summed E-state index contributed by atoms with van der Waals surface area (Å²) < 4.78 is 0. The lowest BCUT2D eigenvalue weighted by molar-refractivity contribution is -0.142. The minimum atomic E-state index is -1.07. The van der Waals surface area contributed by atoms with Crippen molar-refractivity contribution < 1.29 is 19.8 Å². The number of carboxylic acid groups (broad SMARTS) is 2. The Morgan fingerprint density at radius 3 is 2.19 bits per heavy atom. The third-order valence-corrected chi connectivity index (χ3v) is 3.45. The van der Waals surface area contributed by atoms with E-state index in [9.17, 15) is 9.59 Å². The molecule has 0 fully saturated rings. The van der Waals surface area contributed by atoms with Crippen molar-refractivity contribution in [3.8, 4) is 0 Å². The van der Waals surface area contributed by atoms with Crippen molar-refractivity contribution in [2.75, 3.05) is 25.4 Å². The molecule has 2 N–H and O–H groups in total. The first-order chi connectivity index (χ1) is 7.51. The maximum Gasteiger partial charge on any atom is 0.317 e. The van der Waals surface area contributed by atoms with Crippen molar-refractivity contribution in [2.45, 2.75) is 25.5 Å². The number of hydrogen-bond acceptors (Lipinski definition) is 4. The monoisotopic (exact) mass is 249 g/mol. The van der Waals surface area contributed by atoms with E-state index in [1.165, 1.54) is 11.8 Å². The fraction of sp³-hybridized carbons (Fsp3) is 0.800. The molecule has 0 rings (SSSR count). The van der Waals surface area contributed by atoms with Gasteiger partial charge in [0, 0.05) is 12.3 Å². The largest absolute Gasteiger partial charge is 0.481 e. The summed E-state index contributed by atoms with van der Waals surface area (Å²) in [7, 11) is 0. The minimum Gasteiger partial charge on any atom is -0.481 e. The summed E-state index contributed by atoms with van der Waals surface area (Å²) in [5.74, 6) is -1.47. The highest BCUT2D eigenvalue weighted by Gasteiger charge is 2.21. The number of nitrogens with zero attached hydrogens (tertiary/aromatic N) is 1. The van der Waals surface area contributed by atoms with Crippen LogP contribution in [0.5, 0.6) is 0 Å². The van der Waals surface area contributed by atoms with Crippen LogP contribution in [0.4, 0.5) is 0 Å². The lowest BCUT2D eigenvalue weighted by Gasteiger charge is -2.18. The Kier molecular flexibility index (Phi) is 8.01. The number of hydrogen-bond donors (Lipinski definition) is 2. The summed E-state index contributed by atoms with van der Waals surface area (Å²) in [5.41, 5.74) is 0. The zero-order chi connectivity index (χ0) is 12.6. The van der Waals surface area contributed by atoms with Crippen LogP contribution in [0.1, 0.15) is 20.3 Å². The Bertz CT molecular complexity index is 231. The molecule has 94 valence electrons. The first kappa shape index (κ1) is 15.2. The highest BCUT2D eigenvalue weighted by Crippen LogP contribution is 2.15. The number of carbonyl (C=O) groups is 2. The second-order valence-electron chi connectivity index (χ2n) is 3.32. The van der Waals surface area contributed by atoms with Crippen LogP contribution in [-0.4, -0.2) is 57.7 Å². The van der Waals surface area contributed by atoms with Crippen LogP contribution in [0.25, 0.3) is 0 Å². The number of thioether (sulfide) groups is 1. The molecule has 0 aliphatic rings. The maximum atomic E-state index is 10.8. The normalized spacial score (nSPS) is 12.7. The van der Waals surface area contributed by atoms with Gasteiger partial charge in [0.15, 0.2) is 0 Å². The summed E-state index contributed by atoms with van der Waals surface area (Å²) in [5, 5.41) is 16.5. The van der Waals surface area contributed by atoms with Crippen molar-refractivity contribution in [1.82, 2.24) is 4.90 Å². The molecule has 0 saturated heterocycles. The molecular weight excluding hydrogens is 230 g/mol. The molecule has 0 heterocycles. The predicted octanol–water partition coefficient (Wildman–Crippen LogP) is 0.989. The smallest absolute Gasteiger partial charge is 0.317 e. The second kappa shape index (κ2) is 8.41. The van der Waals surface area contributed by atoms with E-state index in [4.69, 9.17) is 10.2 Å². The molecule has 0 aromatic rings. The molecule has 6 heteroatoms. The molecule has 1 unspecified atom stereocenters. The summed E-state index contributed by atoms with van der Waals surface area (Å²) in [6.07, 6.45) is -0.321. The highest BCUT2D eigenvalue weighted by molar-refractivity contribution is 8.00. The van der Waals surface area contributed by atoms with Crippen molar-refractivity contribution in [1.29, 1.82) is 0 Å². The number of aliphatic carboxylic acids is 2. The Labute approximate surface area is 99.8 Å². The quantitative estimate of drug-likeness (QED) is 0.634. The Balaban J connectivity index is 3.93. The molecule has 0 aliphatic carbocycles. The average molecular weight is 249 g/mol. The predicted molar refractivity (Wildman–Crippen MR) is 63.9 cm³/mol. The molecule has 0 amide bonds. The topological polar surface area (TPSA) is 77.8 Å². The van der Waals surface area contributed by atoms with E-state index in [1.54, 1.807) is 0 Å². The summed E-state index contributed by atoms with van der Waals surface area (Å²) in [6.45, 7) is 6.72. The minimum absolute atomic E-state index is 0.321. The standard InChI is InChI=1S/C10H19NO4S/c1-3-11(4-2)5-6-16-8(10(14)15)7-9(12)13/h8H,3-7H2,1-2H3,(H,12,13)(H,14,15). The molecule has 1 atom stereocenters. The fourth-order valence-corrected chi connectivity index (χ4v) is 2.29. The SMILES string of the molecule is CCN(CC)CCSC(CC(=O)O)C(=O)O. The third-order valence-electron chi connectivity index (χ3n) is 2.26. The van der Waals surface area contributed by atoms with E-state index < -0.39 is 17.2 Å². The van der Waals surface area contributed by atoms with Gasteiger partial charge in [-0.3, -0.25) is 9.59 Å². The third kappa shape index (κ3) is 6.68. The van der Waals surface area contributed by atoms with Gasteiger partial charge < -0.3 is 15.1 Å². The molecular formula is C10H19NO4S. The molecule has 0 aromatic heterocycles. The van der Waals surface area contributed by atoms with E-state index in [2.05, 4.69) is 4.90 Å².